The summed E-state index contributed by atoms with van der Waals surface area (Å²) in [5.41, 5.74) is 8.06. The van der Waals surface area contributed by atoms with Gasteiger partial charge in [-0.2, -0.15) is 0 Å². The van der Waals surface area contributed by atoms with Crippen LogP contribution in [0.3, 0.4) is 0 Å². The molecule has 4 nitrogen and oxygen atoms in total. The maximum Gasteiger partial charge on any atom is 0.128 e. The van der Waals surface area contributed by atoms with Crippen molar-refractivity contribution < 1.29 is 4.74 Å². The van der Waals surface area contributed by atoms with Crippen molar-refractivity contribution in [3.8, 4) is 0 Å². The van der Waals surface area contributed by atoms with Crippen molar-refractivity contribution >= 4 is 5.82 Å². The maximum absolute atomic E-state index is 5.95. The molecule has 0 spiro atoms. The van der Waals surface area contributed by atoms with E-state index in [0.29, 0.717) is 11.7 Å². The molecular formula is C13H23N3O. The van der Waals surface area contributed by atoms with Crippen LogP contribution in [-0.2, 0) is 4.74 Å². The van der Waals surface area contributed by atoms with Crippen molar-refractivity contribution in [1.82, 2.24) is 10.3 Å². The molecule has 1 aromatic rings. The SMILES string of the molecule is CNC(c1cc(C)cnc1N)C(OC)C(C)C. The first kappa shape index (κ1) is 13.9. The highest BCUT2D eigenvalue weighted by Gasteiger charge is 2.26. The van der Waals surface area contributed by atoms with Crippen LogP contribution < -0.4 is 11.1 Å². The molecule has 0 amide bonds. The fourth-order valence-electron chi connectivity index (χ4n) is 2.14. The maximum atomic E-state index is 5.95. The van der Waals surface area contributed by atoms with Gasteiger partial charge < -0.3 is 15.8 Å². The van der Waals surface area contributed by atoms with Crippen LogP contribution in [0.5, 0.6) is 0 Å². The molecule has 0 bridgehead atoms. The van der Waals surface area contributed by atoms with Gasteiger partial charge in [-0.3, -0.25) is 0 Å². The van der Waals surface area contributed by atoms with E-state index in [0.717, 1.165) is 11.1 Å². The van der Waals surface area contributed by atoms with E-state index in [4.69, 9.17) is 10.5 Å². The van der Waals surface area contributed by atoms with Gasteiger partial charge in [0.2, 0.25) is 0 Å². The Hall–Kier alpha value is -1.13. The standard InChI is InChI=1S/C13H23N3O/c1-8(2)12(17-5)11(15-4)10-6-9(3)7-16-13(10)14/h6-8,11-12,15H,1-5H3,(H2,14,16). The zero-order valence-corrected chi connectivity index (χ0v) is 11.3. The lowest BCUT2D eigenvalue weighted by Gasteiger charge is -2.29. The number of aromatic nitrogens is 1. The zero-order valence-electron chi connectivity index (χ0n) is 11.3. The quantitative estimate of drug-likeness (QED) is 0.821. The third-order valence-corrected chi connectivity index (χ3v) is 2.99. The van der Waals surface area contributed by atoms with Crippen molar-refractivity contribution in [3.63, 3.8) is 0 Å². The van der Waals surface area contributed by atoms with Gasteiger partial charge in [-0.25, -0.2) is 4.98 Å². The number of likely N-dealkylation sites (N-methyl/N-ethyl adjacent to an activating group) is 1. The Kier molecular flexibility index (Phi) is 4.90. The second kappa shape index (κ2) is 5.98. The smallest absolute Gasteiger partial charge is 0.128 e. The molecule has 0 radical (unpaired) electrons. The number of nitrogens with zero attached hydrogens (tertiary/aromatic N) is 1. The van der Waals surface area contributed by atoms with Crippen molar-refractivity contribution in [3.05, 3.63) is 23.4 Å². The van der Waals surface area contributed by atoms with Gasteiger partial charge in [0.25, 0.3) is 0 Å². The first-order valence-corrected chi connectivity index (χ1v) is 5.93. The molecule has 2 atom stereocenters. The minimum atomic E-state index is 0.0624. The molecule has 0 saturated heterocycles. The van der Waals surface area contributed by atoms with E-state index >= 15 is 0 Å². The van der Waals surface area contributed by atoms with Crippen LogP contribution in [-0.4, -0.2) is 25.2 Å². The molecule has 0 aliphatic carbocycles. The van der Waals surface area contributed by atoms with Gasteiger partial charge >= 0.3 is 0 Å². The summed E-state index contributed by atoms with van der Waals surface area (Å²) in [6, 6.07) is 2.13. The Balaban J connectivity index is 3.11. The lowest BCUT2D eigenvalue weighted by atomic mass is 9.93. The number of hydrogen-bond acceptors (Lipinski definition) is 4. The largest absolute Gasteiger partial charge is 0.383 e. The normalized spacial score (nSPS) is 14.9. The summed E-state index contributed by atoms with van der Waals surface area (Å²) in [6.07, 6.45) is 1.86. The molecule has 4 heteroatoms. The summed E-state index contributed by atoms with van der Waals surface area (Å²) in [7, 11) is 3.65. The second-order valence-corrected chi connectivity index (χ2v) is 4.70. The van der Waals surface area contributed by atoms with E-state index in [1.807, 2.05) is 14.0 Å². The monoisotopic (exact) mass is 237 g/mol. The number of rotatable bonds is 5. The number of anilines is 1. The van der Waals surface area contributed by atoms with E-state index < -0.39 is 0 Å². The van der Waals surface area contributed by atoms with E-state index in [-0.39, 0.29) is 12.1 Å². The first-order valence-electron chi connectivity index (χ1n) is 5.93. The van der Waals surface area contributed by atoms with Gasteiger partial charge in [0, 0.05) is 18.9 Å². The van der Waals surface area contributed by atoms with Gasteiger partial charge in [-0.1, -0.05) is 13.8 Å². The molecule has 0 saturated carbocycles. The Morgan fingerprint density at radius 1 is 1.41 bits per heavy atom. The minimum absolute atomic E-state index is 0.0624. The third kappa shape index (κ3) is 3.17. The Morgan fingerprint density at radius 3 is 2.53 bits per heavy atom. The van der Waals surface area contributed by atoms with E-state index in [1.54, 1.807) is 13.3 Å². The van der Waals surface area contributed by atoms with E-state index in [1.165, 1.54) is 0 Å². The van der Waals surface area contributed by atoms with Crippen LogP contribution in [0.4, 0.5) is 5.82 Å². The van der Waals surface area contributed by atoms with E-state index in [2.05, 4.69) is 30.2 Å². The molecule has 1 heterocycles. The molecule has 96 valence electrons. The highest BCUT2D eigenvalue weighted by Crippen LogP contribution is 2.27. The number of hydrogen-bond donors (Lipinski definition) is 2. The highest BCUT2D eigenvalue weighted by molar-refractivity contribution is 5.43. The van der Waals surface area contributed by atoms with Crippen molar-refractivity contribution in [1.29, 1.82) is 0 Å². The third-order valence-electron chi connectivity index (χ3n) is 2.99. The molecule has 17 heavy (non-hydrogen) atoms. The van der Waals surface area contributed by atoms with Crippen LogP contribution in [0, 0.1) is 12.8 Å². The van der Waals surface area contributed by atoms with Crippen molar-refractivity contribution in [2.24, 2.45) is 5.92 Å². The van der Waals surface area contributed by atoms with Gasteiger partial charge in [-0.05, 0) is 31.5 Å². The number of nitrogen functional groups attached to an aromatic ring is 1. The Labute approximate surface area is 104 Å². The summed E-state index contributed by atoms with van der Waals surface area (Å²) in [5, 5.41) is 3.27. The van der Waals surface area contributed by atoms with Crippen LogP contribution in [0.2, 0.25) is 0 Å². The number of aryl methyl sites for hydroxylation is 1. The van der Waals surface area contributed by atoms with Crippen molar-refractivity contribution in [2.45, 2.75) is 32.9 Å². The summed E-state index contributed by atoms with van der Waals surface area (Å²) >= 11 is 0. The molecule has 0 aliphatic rings. The lowest BCUT2D eigenvalue weighted by Crippen LogP contribution is -2.35. The predicted octanol–water partition coefficient (Wildman–Crippen LogP) is 1.90. The summed E-state index contributed by atoms with van der Waals surface area (Å²) in [4.78, 5) is 4.21. The molecule has 1 aromatic heterocycles. The first-order chi connectivity index (χ1) is 8.01. The lowest BCUT2D eigenvalue weighted by molar-refractivity contribution is 0.0349. The molecule has 0 aliphatic heterocycles. The van der Waals surface area contributed by atoms with Crippen LogP contribution in [0.15, 0.2) is 12.3 Å². The molecule has 0 aromatic carbocycles. The number of nitrogens with two attached hydrogens (primary N) is 1. The molecule has 2 unspecified atom stereocenters. The van der Waals surface area contributed by atoms with Crippen molar-refractivity contribution in [2.75, 3.05) is 19.9 Å². The van der Waals surface area contributed by atoms with Crippen LogP contribution in [0.25, 0.3) is 0 Å². The Bertz CT molecular complexity index is 366. The molecule has 1 rings (SSSR count). The number of methoxy groups -OCH3 is 1. The zero-order chi connectivity index (χ0) is 13.0. The minimum Gasteiger partial charge on any atom is -0.383 e. The molecular weight excluding hydrogens is 214 g/mol. The summed E-state index contributed by atoms with van der Waals surface area (Å²) in [5.74, 6) is 0.968. The van der Waals surface area contributed by atoms with Gasteiger partial charge in [0.05, 0.1) is 12.1 Å². The topological polar surface area (TPSA) is 60.2 Å². The van der Waals surface area contributed by atoms with Crippen LogP contribution in [0.1, 0.15) is 31.0 Å². The van der Waals surface area contributed by atoms with E-state index in [9.17, 15) is 0 Å². The second-order valence-electron chi connectivity index (χ2n) is 4.70. The van der Waals surface area contributed by atoms with Crippen LogP contribution >= 0.6 is 0 Å². The van der Waals surface area contributed by atoms with Gasteiger partial charge in [-0.15, -0.1) is 0 Å². The average Bonchev–Trinajstić information content (AvgIpc) is 2.28. The fraction of sp³-hybridized carbons (Fsp3) is 0.615. The Morgan fingerprint density at radius 2 is 2.06 bits per heavy atom. The predicted molar refractivity (Wildman–Crippen MR) is 70.8 cm³/mol. The average molecular weight is 237 g/mol. The van der Waals surface area contributed by atoms with Gasteiger partial charge in [0.1, 0.15) is 5.82 Å². The highest BCUT2D eigenvalue weighted by atomic mass is 16.5. The number of pyridine rings is 1. The fourth-order valence-corrected chi connectivity index (χ4v) is 2.14. The molecule has 0 fully saturated rings. The molecule has 3 N–H and O–H groups in total. The number of nitrogens with one attached hydrogen (secondary N) is 1. The number of ether oxygens (including phenoxy) is 1. The summed E-state index contributed by atoms with van der Waals surface area (Å²) < 4.78 is 5.57. The van der Waals surface area contributed by atoms with Gasteiger partial charge in [0.15, 0.2) is 0 Å². The summed E-state index contributed by atoms with van der Waals surface area (Å²) in [6.45, 7) is 6.29.